The molecule has 0 amide bonds. The van der Waals surface area contributed by atoms with E-state index in [2.05, 4.69) is 46.2 Å². The Balaban J connectivity index is 1.43. The Labute approximate surface area is 127 Å². The number of thioether (sulfide) groups is 1. The van der Waals surface area contributed by atoms with E-state index in [-0.39, 0.29) is 0 Å². The summed E-state index contributed by atoms with van der Waals surface area (Å²) in [6, 6.07) is 9.03. The monoisotopic (exact) mass is 290 g/mol. The van der Waals surface area contributed by atoms with E-state index in [0.29, 0.717) is 0 Å². The Hall–Kier alpha value is -0.510. The van der Waals surface area contributed by atoms with E-state index >= 15 is 0 Å². The lowest BCUT2D eigenvalue weighted by Gasteiger charge is -2.28. The van der Waals surface area contributed by atoms with Crippen molar-refractivity contribution in [3.8, 4) is 0 Å². The minimum atomic E-state index is 0.733. The molecule has 1 aliphatic heterocycles. The van der Waals surface area contributed by atoms with Gasteiger partial charge in [0.25, 0.3) is 0 Å². The molecule has 0 radical (unpaired) electrons. The van der Waals surface area contributed by atoms with Crippen LogP contribution in [0, 0.1) is 0 Å². The Morgan fingerprint density at radius 2 is 2.05 bits per heavy atom. The predicted molar refractivity (Wildman–Crippen MR) is 88.8 cm³/mol. The summed E-state index contributed by atoms with van der Waals surface area (Å²) in [6.07, 6.45) is 3.98. The summed E-state index contributed by atoms with van der Waals surface area (Å²) in [5, 5.41) is 3.69. The number of nitrogens with zero attached hydrogens (tertiary/aromatic N) is 1. The van der Waals surface area contributed by atoms with Crippen molar-refractivity contribution in [1.29, 1.82) is 0 Å². The van der Waals surface area contributed by atoms with Crippen LogP contribution in [0.2, 0.25) is 0 Å². The van der Waals surface area contributed by atoms with E-state index < -0.39 is 0 Å². The molecule has 1 saturated heterocycles. The number of hydrogen-bond acceptors (Lipinski definition) is 3. The first-order valence-electron chi connectivity index (χ1n) is 8.02. The van der Waals surface area contributed by atoms with E-state index in [0.717, 1.165) is 19.0 Å². The number of fused-ring (bicyclic) bond motifs is 1. The van der Waals surface area contributed by atoms with Crippen molar-refractivity contribution in [2.75, 3.05) is 44.2 Å². The lowest BCUT2D eigenvalue weighted by atomic mass is 9.83. The van der Waals surface area contributed by atoms with Crippen LogP contribution in [0.25, 0.3) is 0 Å². The molecule has 1 unspecified atom stereocenters. The number of aryl methyl sites for hydroxylation is 1. The molecule has 3 rings (SSSR count). The Kier molecular flexibility index (Phi) is 5.40. The van der Waals surface area contributed by atoms with Gasteiger partial charge in [-0.1, -0.05) is 24.3 Å². The van der Waals surface area contributed by atoms with Gasteiger partial charge < -0.3 is 10.2 Å². The van der Waals surface area contributed by atoms with Gasteiger partial charge in [0.15, 0.2) is 0 Å². The predicted octanol–water partition coefficient (Wildman–Crippen LogP) is 2.74. The highest BCUT2D eigenvalue weighted by atomic mass is 32.2. The molecule has 1 aliphatic carbocycles. The maximum absolute atomic E-state index is 3.69. The average Bonchev–Trinajstić information content (AvgIpc) is 2.53. The summed E-state index contributed by atoms with van der Waals surface area (Å²) in [4.78, 5) is 2.60. The van der Waals surface area contributed by atoms with E-state index in [1.807, 2.05) is 0 Å². The highest BCUT2D eigenvalue weighted by Crippen LogP contribution is 2.30. The molecule has 1 N–H and O–H groups in total. The second kappa shape index (κ2) is 7.48. The fourth-order valence-electron chi connectivity index (χ4n) is 3.40. The number of nitrogens with one attached hydrogen (secondary N) is 1. The molecule has 1 aromatic rings. The van der Waals surface area contributed by atoms with Crippen LogP contribution in [0.15, 0.2) is 24.3 Å². The molecule has 1 atom stereocenters. The third kappa shape index (κ3) is 3.78. The van der Waals surface area contributed by atoms with Gasteiger partial charge in [0.2, 0.25) is 0 Å². The first-order valence-corrected chi connectivity index (χ1v) is 9.17. The number of hydrogen-bond donors (Lipinski definition) is 1. The van der Waals surface area contributed by atoms with E-state index in [1.165, 1.54) is 50.4 Å². The molecule has 1 heterocycles. The molecule has 3 heteroatoms. The van der Waals surface area contributed by atoms with Crippen LogP contribution in [0.3, 0.4) is 0 Å². The van der Waals surface area contributed by atoms with Crippen molar-refractivity contribution in [2.45, 2.75) is 25.2 Å². The molecular formula is C17H26N2S. The van der Waals surface area contributed by atoms with Gasteiger partial charge >= 0.3 is 0 Å². The standard InChI is InChI=1S/C17H26N2S/c1-2-7-17-15(4-1)5-3-6-16(17)14-18-8-9-19-10-12-20-13-11-19/h1-2,4,7,16,18H,3,5-6,8-14H2. The quantitative estimate of drug-likeness (QED) is 0.840. The molecule has 20 heavy (non-hydrogen) atoms. The van der Waals surface area contributed by atoms with Crippen LogP contribution >= 0.6 is 11.8 Å². The third-order valence-corrected chi connectivity index (χ3v) is 5.54. The lowest BCUT2D eigenvalue weighted by Crippen LogP contribution is -2.38. The summed E-state index contributed by atoms with van der Waals surface area (Å²) < 4.78 is 0. The van der Waals surface area contributed by atoms with Gasteiger partial charge in [0.1, 0.15) is 0 Å². The number of benzene rings is 1. The fourth-order valence-corrected chi connectivity index (χ4v) is 4.38. The Morgan fingerprint density at radius 1 is 1.20 bits per heavy atom. The zero-order chi connectivity index (χ0) is 13.6. The number of rotatable bonds is 5. The van der Waals surface area contributed by atoms with Gasteiger partial charge in [0.05, 0.1) is 0 Å². The van der Waals surface area contributed by atoms with Gasteiger partial charge in [-0.25, -0.2) is 0 Å². The first-order chi connectivity index (χ1) is 9.93. The molecule has 2 aliphatic rings. The molecule has 2 nitrogen and oxygen atoms in total. The van der Waals surface area contributed by atoms with Crippen molar-refractivity contribution in [1.82, 2.24) is 10.2 Å². The first kappa shape index (κ1) is 14.4. The van der Waals surface area contributed by atoms with Gasteiger partial charge in [-0.3, -0.25) is 0 Å². The molecule has 110 valence electrons. The van der Waals surface area contributed by atoms with Gasteiger partial charge in [-0.2, -0.15) is 11.8 Å². The van der Waals surface area contributed by atoms with Crippen molar-refractivity contribution in [2.24, 2.45) is 0 Å². The summed E-state index contributed by atoms with van der Waals surface area (Å²) in [5.74, 6) is 3.36. The van der Waals surface area contributed by atoms with Crippen molar-refractivity contribution >= 4 is 11.8 Å². The molecule has 0 aromatic heterocycles. The maximum Gasteiger partial charge on any atom is 0.0107 e. The smallest absolute Gasteiger partial charge is 0.0107 e. The molecule has 0 bridgehead atoms. The Bertz CT molecular complexity index is 415. The topological polar surface area (TPSA) is 15.3 Å². The molecule has 0 spiro atoms. The SMILES string of the molecule is c1ccc2c(c1)CCCC2CNCCN1CCSCC1. The summed E-state index contributed by atoms with van der Waals surface area (Å²) in [7, 11) is 0. The van der Waals surface area contributed by atoms with Crippen LogP contribution in [0.1, 0.15) is 29.9 Å². The average molecular weight is 290 g/mol. The highest BCUT2D eigenvalue weighted by Gasteiger charge is 2.19. The van der Waals surface area contributed by atoms with Crippen LogP contribution in [-0.2, 0) is 6.42 Å². The summed E-state index contributed by atoms with van der Waals surface area (Å²) in [6.45, 7) is 6.06. The van der Waals surface area contributed by atoms with E-state index in [4.69, 9.17) is 0 Å². The van der Waals surface area contributed by atoms with Gasteiger partial charge in [-0.05, 0) is 36.3 Å². The van der Waals surface area contributed by atoms with Crippen molar-refractivity contribution in [3.63, 3.8) is 0 Å². The van der Waals surface area contributed by atoms with Crippen LogP contribution < -0.4 is 5.32 Å². The largest absolute Gasteiger partial charge is 0.315 e. The van der Waals surface area contributed by atoms with Crippen molar-refractivity contribution < 1.29 is 0 Å². The third-order valence-electron chi connectivity index (χ3n) is 4.59. The Morgan fingerprint density at radius 3 is 2.95 bits per heavy atom. The van der Waals surface area contributed by atoms with Gasteiger partial charge in [0, 0.05) is 44.2 Å². The minimum absolute atomic E-state index is 0.733. The maximum atomic E-state index is 3.69. The zero-order valence-corrected chi connectivity index (χ0v) is 13.1. The van der Waals surface area contributed by atoms with Crippen LogP contribution in [0.5, 0.6) is 0 Å². The molecular weight excluding hydrogens is 264 g/mol. The second-order valence-corrected chi connectivity index (χ2v) is 7.17. The molecule has 1 fully saturated rings. The fraction of sp³-hybridized carbons (Fsp3) is 0.647. The van der Waals surface area contributed by atoms with Crippen LogP contribution in [0.4, 0.5) is 0 Å². The lowest BCUT2D eigenvalue weighted by molar-refractivity contribution is 0.299. The normalized spacial score (nSPS) is 23.5. The van der Waals surface area contributed by atoms with E-state index in [9.17, 15) is 0 Å². The van der Waals surface area contributed by atoms with Crippen LogP contribution in [-0.4, -0.2) is 49.1 Å². The molecule has 0 saturated carbocycles. The molecule has 1 aromatic carbocycles. The van der Waals surface area contributed by atoms with Gasteiger partial charge in [-0.15, -0.1) is 0 Å². The highest BCUT2D eigenvalue weighted by molar-refractivity contribution is 7.99. The summed E-state index contributed by atoms with van der Waals surface area (Å²) >= 11 is 2.09. The van der Waals surface area contributed by atoms with E-state index in [1.54, 1.807) is 11.1 Å². The van der Waals surface area contributed by atoms with Crippen molar-refractivity contribution in [3.05, 3.63) is 35.4 Å². The minimum Gasteiger partial charge on any atom is -0.315 e. The zero-order valence-electron chi connectivity index (χ0n) is 12.3. The summed E-state index contributed by atoms with van der Waals surface area (Å²) in [5.41, 5.74) is 3.18. The second-order valence-electron chi connectivity index (χ2n) is 5.95.